The van der Waals surface area contributed by atoms with E-state index in [4.69, 9.17) is 40.5 Å². The summed E-state index contributed by atoms with van der Waals surface area (Å²) in [5.74, 6) is 0.465. The van der Waals surface area contributed by atoms with E-state index < -0.39 is 0 Å². The predicted octanol–water partition coefficient (Wildman–Crippen LogP) is 7.44. The fraction of sp³-hybridized carbons (Fsp3) is 0.129. The van der Waals surface area contributed by atoms with Crippen LogP contribution in [0.4, 0.5) is 5.82 Å². The number of nitrogen functional groups attached to an aromatic ring is 1. The van der Waals surface area contributed by atoms with Crippen molar-refractivity contribution in [3.8, 4) is 11.3 Å². The molecule has 7 rings (SSSR count). The summed E-state index contributed by atoms with van der Waals surface area (Å²) in [7, 11) is 0. The number of anilines is 1. The van der Waals surface area contributed by atoms with Crippen LogP contribution in [0.3, 0.4) is 0 Å². The number of nitrogens with one attached hydrogen (secondary N) is 1. The molecule has 0 atom stereocenters. The number of aryl methyl sites for hydroxylation is 3. The van der Waals surface area contributed by atoms with Gasteiger partial charge in [-0.3, -0.25) is 9.89 Å². The molecule has 0 amide bonds. The number of allylic oxidation sites excluding steroid dienone is 2. The van der Waals surface area contributed by atoms with Crippen molar-refractivity contribution in [2.24, 2.45) is 0 Å². The molecule has 9 nitrogen and oxygen atoms in total. The molecule has 3 N–H and O–H groups in total. The Bertz CT molecular complexity index is 1920. The number of benzene rings is 2. The number of halogens is 3. The number of carbonyl (C=O) groups is 1. The highest BCUT2D eigenvalue weighted by molar-refractivity contribution is 6.31. The van der Waals surface area contributed by atoms with E-state index in [2.05, 4.69) is 25.4 Å². The van der Waals surface area contributed by atoms with Gasteiger partial charge in [-0.25, -0.2) is 14.2 Å². The normalized spacial score (nSPS) is 12.1. The third-order valence-corrected chi connectivity index (χ3v) is 7.14. The van der Waals surface area contributed by atoms with Crippen molar-refractivity contribution in [2.45, 2.75) is 27.2 Å². The molecule has 43 heavy (non-hydrogen) atoms. The Balaban J connectivity index is 0.000000141. The highest BCUT2D eigenvalue weighted by Gasteiger charge is 2.19. The molecule has 0 bridgehead atoms. The van der Waals surface area contributed by atoms with Crippen molar-refractivity contribution in [2.75, 3.05) is 5.73 Å². The summed E-state index contributed by atoms with van der Waals surface area (Å²) in [4.78, 5) is 16.5. The van der Waals surface area contributed by atoms with Crippen LogP contribution in [0.1, 0.15) is 33.1 Å². The van der Waals surface area contributed by atoms with Crippen LogP contribution in [0.5, 0.6) is 0 Å². The average Bonchev–Trinajstić information content (AvgIpc) is 3.67. The van der Waals surface area contributed by atoms with Crippen LogP contribution >= 0.6 is 34.8 Å². The van der Waals surface area contributed by atoms with Crippen molar-refractivity contribution in [1.82, 2.24) is 34.6 Å². The highest BCUT2D eigenvalue weighted by Crippen LogP contribution is 2.26. The molecule has 6 aromatic rings. The zero-order valence-corrected chi connectivity index (χ0v) is 25.8. The van der Waals surface area contributed by atoms with E-state index in [0.717, 1.165) is 50.8 Å². The smallest absolute Gasteiger partial charge is 0.271 e. The Morgan fingerprint density at radius 1 is 0.814 bits per heavy atom. The number of aromatic amines is 1. The van der Waals surface area contributed by atoms with Crippen molar-refractivity contribution >= 4 is 57.7 Å². The lowest BCUT2D eigenvalue weighted by atomic mass is 9.98. The quantitative estimate of drug-likeness (QED) is 0.191. The third kappa shape index (κ3) is 7.32. The molecule has 0 fully saturated rings. The van der Waals surface area contributed by atoms with Crippen molar-refractivity contribution in [3.63, 3.8) is 0 Å². The molecule has 0 unspecified atom stereocenters. The first-order chi connectivity index (χ1) is 20.5. The lowest BCUT2D eigenvalue weighted by molar-refractivity contribution is 0.0948. The summed E-state index contributed by atoms with van der Waals surface area (Å²) >= 11 is 17.9. The van der Waals surface area contributed by atoms with Gasteiger partial charge < -0.3 is 5.73 Å². The van der Waals surface area contributed by atoms with Gasteiger partial charge in [-0.05, 0) is 62.2 Å². The van der Waals surface area contributed by atoms with E-state index >= 15 is 0 Å². The second-order valence-corrected chi connectivity index (χ2v) is 11.1. The zero-order chi connectivity index (χ0) is 30.7. The van der Waals surface area contributed by atoms with E-state index in [1.54, 1.807) is 22.7 Å². The molecule has 0 spiro atoms. The van der Waals surface area contributed by atoms with Crippen LogP contribution in [0, 0.1) is 20.8 Å². The van der Waals surface area contributed by atoms with Gasteiger partial charge in [0, 0.05) is 52.0 Å². The molecule has 5 heterocycles. The molecule has 1 aliphatic rings. The van der Waals surface area contributed by atoms with E-state index in [0.29, 0.717) is 27.4 Å². The fourth-order valence-electron chi connectivity index (χ4n) is 4.44. The van der Waals surface area contributed by atoms with Gasteiger partial charge >= 0.3 is 0 Å². The number of nitrogens with two attached hydrogens (primary N) is 1. The largest absolute Gasteiger partial charge is 0.382 e. The molecule has 0 saturated heterocycles. The molecule has 1 aliphatic heterocycles. The van der Waals surface area contributed by atoms with Gasteiger partial charge in [0.2, 0.25) is 0 Å². The standard InChI is InChI=1S/C14H11ClN2O.C13H9Cl2N3.C4H7N3/c1-9-6-13-7-11(8-14(18)17(13)16-9)10-2-4-12(15)5-3-10;1-8-6-13-16-11(7-12(15)18(13)17-8)9-2-4-10(14)5-3-9;1-3-2-4(5)7-6-3/h2-6,8H,7H2,1H3;2-7H,1H3;2H,1H3,(H3,5,6,7). The number of hydrogen-bond acceptors (Lipinski definition) is 6. The van der Waals surface area contributed by atoms with Crippen LogP contribution < -0.4 is 5.73 Å². The van der Waals surface area contributed by atoms with Crippen LogP contribution in [0.15, 0.2) is 78.9 Å². The van der Waals surface area contributed by atoms with Gasteiger partial charge in [0.25, 0.3) is 5.91 Å². The Kier molecular flexibility index (Phi) is 8.96. The van der Waals surface area contributed by atoms with Crippen molar-refractivity contribution < 1.29 is 4.79 Å². The van der Waals surface area contributed by atoms with Crippen molar-refractivity contribution in [3.05, 3.63) is 122 Å². The monoisotopic (exact) mass is 632 g/mol. The maximum Gasteiger partial charge on any atom is 0.271 e. The van der Waals surface area contributed by atoms with Gasteiger partial charge in [-0.1, -0.05) is 59.1 Å². The summed E-state index contributed by atoms with van der Waals surface area (Å²) in [6.07, 6.45) is 2.36. The maximum absolute atomic E-state index is 11.9. The molecule has 12 heteroatoms. The first-order valence-electron chi connectivity index (χ1n) is 13.2. The molecule has 2 aromatic carbocycles. The number of aromatic nitrogens is 7. The second-order valence-electron chi connectivity index (χ2n) is 9.88. The number of rotatable bonds is 2. The summed E-state index contributed by atoms with van der Waals surface area (Å²) in [5, 5.41) is 16.7. The number of hydrogen-bond donors (Lipinski definition) is 2. The summed E-state index contributed by atoms with van der Waals surface area (Å²) in [6, 6.07) is 22.4. The fourth-order valence-corrected chi connectivity index (χ4v) is 4.92. The molecule has 0 saturated carbocycles. The summed E-state index contributed by atoms with van der Waals surface area (Å²) in [5.41, 5.74) is 13.5. The Morgan fingerprint density at radius 2 is 1.44 bits per heavy atom. The first-order valence-corrected chi connectivity index (χ1v) is 14.3. The lowest BCUT2D eigenvalue weighted by Gasteiger charge is -2.14. The Hall–Kier alpha value is -4.44. The maximum atomic E-state index is 11.9. The number of fused-ring (bicyclic) bond motifs is 2. The lowest BCUT2D eigenvalue weighted by Crippen LogP contribution is -2.18. The van der Waals surface area contributed by atoms with Crippen molar-refractivity contribution in [1.29, 1.82) is 0 Å². The molecule has 0 radical (unpaired) electrons. The minimum Gasteiger partial charge on any atom is -0.382 e. The molecular formula is C31H27Cl3N8O. The first kappa shape index (κ1) is 30.0. The number of nitrogens with zero attached hydrogens (tertiary/aromatic N) is 6. The molecule has 218 valence electrons. The van der Waals surface area contributed by atoms with Crippen LogP contribution in [-0.4, -0.2) is 40.5 Å². The van der Waals surface area contributed by atoms with E-state index in [-0.39, 0.29) is 5.91 Å². The van der Waals surface area contributed by atoms with Gasteiger partial charge in [-0.2, -0.15) is 15.3 Å². The predicted molar refractivity (Wildman–Crippen MR) is 172 cm³/mol. The molecule has 0 aliphatic carbocycles. The minimum absolute atomic E-state index is 0.0886. The van der Waals surface area contributed by atoms with Gasteiger partial charge in [-0.15, -0.1) is 0 Å². The van der Waals surface area contributed by atoms with E-state index in [9.17, 15) is 4.79 Å². The topological polar surface area (TPSA) is 120 Å². The van der Waals surface area contributed by atoms with Gasteiger partial charge in [0.1, 0.15) is 11.0 Å². The van der Waals surface area contributed by atoms with Crippen LogP contribution in [-0.2, 0) is 6.42 Å². The van der Waals surface area contributed by atoms with Crippen LogP contribution in [0.25, 0.3) is 22.5 Å². The Labute approximate surface area is 262 Å². The SMILES string of the molecule is Cc1cc(N)n[nH]1.Cc1cc2n(n1)C(=O)C=C(c1ccc(Cl)cc1)C2.Cc1cc2nc(-c3ccc(Cl)cc3)cc(Cl)n2n1. The second kappa shape index (κ2) is 12.8. The van der Waals surface area contributed by atoms with E-state index in [1.807, 2.05) is 81.4 Å². The minimum atomic E-state index is -0.0886. The molecule has 4 aromatic heterocycles. The highest BCUT2D eigenvalue weighted by atomic mass is 35.5. The summed E-state index contributed by atoms with van der Waals surface area (Å²) < 4.78 is 3.09. The van der Waals surface area contributed by atoms with Gasteiger partial charge in [0.05, 0.1) is 22.8 Å². The molecular weight excluding hydrogens is 607 g/mol. The van der Waals surface area contributed by atoms with Crippen LogP contribution in [0.2, 0.25) is 15.2 Å². The summed E-state index contributed by atoms with van der Waals surface area (Å²) in [6.45, 7) is 5.71. The van der Waals surface area contributed by atoms with E-state index in [1.165, 1.54) is 4.68 Å². The number of H-pyrrole nitrogens is 1. The number of carbonyl (C=O) groups excluding carboxylic acids is 1. The Morgan fingerprint density at radius 3 is 2.02 bits per heavy atom. The van der Waals surface area contributed by atoms with Gasteiger partial charge in [0.15, 0.2) is 5.65 Å². The average molecular weight is 634 g/mol. The third-order valence-electron chi connectivity index (χ3n) is 6.37. The zero-order valence-electron chi connectivity index (χ0n) is 23.5.